The zero-order chi connectivity index (χ0) is 20.5. The number of benzene rings is 2. The lowest BCUT2D eigenvalue weighted by molar-refractivity contribution is -0.115. The minimum absolute atomic E-state index is 0.127. The number of nitrogens with one attached hydrogen (secondary N) is 1. The zero-order valence-corrected chi connectivity index (χ0v) is 16.1. The molecule has 0 radical (unpaired) electrons. The van der Waals surface area contributed by atoms with Gasteiger partial charge in [-0.25, -0.2) is 9.59 Å². The second-order valence-corrected chi connectivity index (χ2v) is 5.81. The summed E-state index contributed by atoms with van der Waals surface area (Å²) in [4.78, 5) is 36.5. The molecule has 2 aromatic carbocycles. The van der Waals surface area contributed by atoms with Gasteiger partial charge in [0.15, 0.2) is 0 Å². The van der Waals surface area contributed by atoms with E-state index in [1.54, 1.807) is 45.2 Å². The lowest BCUT2D eigenvalue weighted by Gasteiger charge is -2.11. The van der Waals surface area contributed by atoms with E-state index in [1.165, 1.54) is 18.2 Å². The van der Waals surface area contributed by atoms with E-state index in [-0.39, 0.29) is 36.7 Å². The second-order valence-electron chi connectivity index (χ2n) is 5.81. The summed E-state index contributed by atoms with van der Waals surface area (Å²) in [5, 5.41) is 2.71. The topological polar surface area (TPSA) is 90.9 Å². The van der Waals surface area contributed by atoms with Crippen molar-refractivity contribution in [1.82, 2.24) is 0 Å². The van der Waals surface area contributed by atoms with Crippen molar-refractivity contribution in [2.75, 3.05) is 25.6 Å². The number of ether oxygens (including phenoxy) is 3. The summed E-state index contributed by atoms with van der Waals surface area (Å²) in [5.74, 6) is -0.759. The molecule has 148 valence electrons. The molecule has 28 heavy (non-hydrogen) atoms. The van der Waals surface area contributed by atoms with Crippen LogP contribution in [0.3, 0.4) is 0 Å². The summed E-state index contributed by atoms with van der Waals surface area (Å²) in [6.07, 6.45) is 0.127. The van der Waals surface area contributed by atoms with Crippen molar-refractivity contribution < 1.29 is 28.6 Å². The highest BCUT2D eigenvalue weighted by atomic mass is 16.5. The Hall–Kier alpha value is -3.35. The highest BCUT2D eigenvalue weighted by Crippen LogP contribution is 2.18. The SMILES string of the molecule is CCOC(=O)c1cc(NC(=O)Cc2ccc(OC)cc2)cc(C(=O)OCC)c1. The Bertz CT molecular complexity index is 808. The fraction of sp³-hybridized carbons (Fsp3) is 0.286. The van der Waals surface area contributed by atoms with Crippen LogP contribution in [-0.2, 0) is 20.7 Å². The molecule has 7 nitrogen and oxygen atoms in total. The number of hydrogen-bond acceptors (Lipinski definition) is 6. The van der Waals surface area contributed by atoms with Gasteiger partial charge < -0.3 is 19.5 Å². The average Bonchev–Trinajstić information content (AvgIpc) is 2.68. The van der Waals surface area contributed by atoms with Crippen LogP contribution in [-0.4, -0.2) is 38.2 Å². The van der Waals surface area contributed by atoms with Crippen molar-refractivity contribution in [2.24, 2.45) is 0 Å². The molecule has 1 N–H and O–H groups in total. The summed E-state index contributed by atoms with van der Waals surface area (Å²) in [6, 6.07) is 11.4. The first-order valence-corrected chi connectivity index (χ1v) is 8.89. The third-order valence-corrected chi connectivity index (χ3v) is 3.76. The van der Waals surface area contributed by atoms with Gasteiger partial charge in [0.1, 0.15) is 5.75 Å². The van der Waals surface area contributed by atoms with Crippen LogP contribution in [0.15, 0.2) is 42.5 Å². The van der Waals surface area contributed by atoms with E-state index < -0.39 is 11.9 Å². The van der Waals surface area contributed by atoms with Gasteiger partial charge in [-0.2, -0.15) is 0 Å². The number of carbonyl (C=O) groups is 3. The van der Waals surface area contributed by atoms with E-state index in [4.69, 9.17) is 14.2 Å². The highest BCUT2D eigenvalue weighted by Gasteiger charge is 2.16. The van der Waals surface area contributed by atoms with Crippen LogP contribution in [0.5, 0.6) is 5.75 Å². The van der Waals surface area contributed by atoms with Gasteiger partial charge in [0.2, 0.25) is 5.91 Å². The first kappa shape index (κ1) is 21.0. The maximum Gasteiger partial charge on any atom is 0.338 e. The van der Waals surface area contributed by atoms with Crippen LogP contribution in [0.1, 0.15) is 40.1 Å². The molecule has 1 amide bonds. The number of rotatable bonds is 8. The summed E-state index contributed by atoms with van der Waals surface area (Å²) >= 11 is 0. The van der Waals surface area contributed by atoms with Crippen LogP contribution in [0.4, 0.5) is 5.69 Å². The molecular weight excluding hydrogens is 362 g/mol. The van der Waals surface area contributed by atoms with Crippen molar-refractivity contribution in [3.63, 3.8) is 0 Å². The number of carbonyl (C=O) groups excluding carboxylic acids is 3. The Kier molecular flexibility index (Phi) is 7.56. The molecule has 0 aliphatic carbocycles. The van der Waals surface area contributed by atoms with Crippen molar-refractivity contribution in [2.45, 2.75) is 20.3 Å². The summed E-state index contributed by atoms with van der Waals surface area (Å²) in [6.45, 7) is 3.76. The molecule has 2 rings (SSSR count). The van der Waals surface area contributed by atoms with E-state index in [2.05, 4.69) is 5.32 Å². The number of methoxy groups -OCH3 is 1. The molecule has 2 aromatic rings. The predicted molar refractivity (Wildman–Crippen MR) is 104 cm³/mol. The molecule has 0 heterocycles. The summed E-state index contributed by atoms with van der Waals surface area (Å²) in [7, 11) is 1.57. The van der Waals surface area contributed by atoms with Crippen LogP contribution < -0.4 is 10.1 Å². The first-order valence-electron chi connectivity index (χ1n) is 8.89. The van der Waals surface area contributed by atoms with Crippen LogP contribution in [0.25, 0.3) is 0 Å². The van der Waals surface area contributed by atoms with E-state index in [0.717, 1.165) is 5.56 Å². The number of esters is 2. The lowest BCUT2D eigenvalue weighted by atomic mass is 10.1. The predicted octanol–water partition coefficient (Wildman–Crippen LogP) is 3.23. The molecule has 0 bridgehead atoms. The maximum atomic E-state index is 12.4. The normalized spacial score (nSPS) is 10.1. The molecule has 7 heteroatoms. The Balaban J connectivity index is 2.20. The molecular formula is C21H23NO6. The molecule has 0 spiro atoms. The van der Waals surface area contributed by atoms with Gasteiger partial charge in [-0.1, -0.05) is 12.1 Å². The van der Waals surface area contributed by atoms with E-state index in [1.807, 2.05) is 0 Å². The minimum Gasteiger partial charge on any atom is -0.497 e. The quantitative estimate of drug-likeness (QED) is 0.702. The molecule has 0 saturated carbocycles. The van der Waals surface area contributed by atoms with Crippen LogP contribution in [0, 0.1) is 0 Å². The van der Waals surface area contributed by atoms with Crippen molar-refractivity contribution in [3.8, 4) is 5.75 Å². The van der Waals surface area contributed by atoms with Gasteiger partial charge in [0.05, 0.1) is 37.9 Å². The maximum absolute atomic E-state index is 12.4. The van der Waals surface area contributed by atoms with Crippen LogP contribution >= 0.6 is 0 Å². The first-order chi connectivity index (χ1) is 13.5. The highest BCUT2D eigenvalue weighted by molar-refractivity contribution is 5.99. The zero-order valence-electron chi connectivity index (χ0n) is 16.1. The minimum atomic E-state index is -0.584. The standard InChI is InChI=1S/C21H23NO6/c1-4-27-20(24)15-11-16(21(25)28-5-2)13-17(12-15)22-19(23)10-14-6-8-18(26-3)9-7-14/h6-9,11-13H,4-5,10H2,1-3H3,(H,22,23). The molecule has 0 aliphatic heterocycles. The van der Waals surface area contributed by atoms with E-state index in [9.17, 15) is 14.4 Å². The molecule has 0 unspecified atom stereocenters. The lowest BCUT2D eigenvalue weighted by Crippen LogP contribution is -2.16. The van der Waals surface area contributed by atoms with Crippen LogP contribution in [0.2, 0.25) is 0 Å². The number of amides is 1. The Morgan fingerprint density at radius 2 is 1.39 bits per heavy atom. The molecule has 0 fully saturated rings. The fourth-order valence-corrected chi connectivity index (χ4v) is 2.50. The average molecular weight is 385 g/mol. The van der Waals surface area contributed by atoms with E-state index >= 15 is 0 Å². The van der Waals surface area contributed by atoms with Crippen molar-refractivity contribution in [1.29, 1.82) is 0 Å². The van der Waals surface area contributed by atoms with Gasteiger partial charge in [0, 0.05) is 5.69 Å². The molecule has 0 aromatic heterocycles. The van der Waals surface area contributed by atoms with Gasteiger partial charge in [-0.15, -0.1) is 0 Å². The van der Waals surface area contributed by atoms with Crippen molar-refractivity contribution >= 4 is 23.5 Å². The Labute approximate surface area is 163 Å². The smallest absolute Gasteiger partial charge is 0.338 e. The molecule has 0 aliphatic rings. The van der Waals surface area contributed by atoms with Gasteiger partial charge >= 0.3 is 11.9 Å². The molecule has 0 atom stereocenters. The summed E-state index contributed by atoms with van der Waals surface area (Å²) in [5.41, 5.74) is 1.43. The largest absolute Gasteiger partial charge is 0.497 e. The molecule has 0 saturated heterocycles. The van der Waals surface area contributed by atoms with Crippen molar-refractivity contribution in [3.05, 3.63) is 59.2 Å². The second kappa shape index (κ2) is 10.1. The Morgan fingerprint density at radius 3 is 1.86 bits per heavy atom. The van der Waals surface area contributed by atoms with Gasteiger partial charge in [-0.3, -0.25) is 4.79 Å². The third-order valence-electron chi connectivity index (χ3n) is 3.76. The monoisotopic (exact) mass is 385 g/mol. The summed E-state index contributed by atoms with van der Waals surface area (Å²) < 4.78 is 15.1. The van der Waals surface area contributed by atoms with Gasteiger partial charge in [-0.05, 0) is 49.7 Å². The number of hydrogen-bond donors (Lipinski definition) is 1. The van der Waals surface area contributed by atoms with Gasteiger partial charge in [0.25, 0.3) is 0 Å². The van der Waals surface area contributed by atoms with E-state index in [0.29, 0.717) is 11.4 Å². The Morgan fingerprint density at radius 1 is 0.857 bits per heavy atom. The number of anilines is 1. The third kappa shape index (κ3) is 5.84. The fourth-order valence-electron chi connectivity index (χ4n) is 2.50.